The molecule has 0 aliphatic carbocycles. The Balaban J connectivity index is 0.00000264. The number of nitrogens with zero attached hydrogens (tertiary/aromatic N) is 1. The predicted molar refractivity (Wildman–Crippen MR) is 85.7 cm³/mol. The molecule has 2 aromatic rings. The van der Waals surface area contributed by atoms with Crippen molar-refractivity contribution >= 4 is 35.3 Å². The van der Waals surface area contributed by atoms with Crippen LogP contribution in [0, 0.1) is 0 Å². The first-order valence-electron chi connectivity index (χ1n) is 6.51. The van der Waals surface area contributed by atoms with Gasteiger partial charge in [-0.1, -0.05) is 19.1 Å². The molecule has 0 spiro atoms. The van der Waals surface area contributed by atoms with Crippen LogP contribution in [0.3, 0.4) is 0 Å². The van der Waals surface area contributed by atoms with Gasteiger partial charge < -0.3 is 11.1 Å². The van der Waals surface area contributed by atoms with Gasteiger partial charge in [-0.2, -0.15) is 13.2 Å². The van der Waals surface area contributed by atoms with E-state index in [9.17, 15) is 18.0 Å². The molecule has 0 fully saturated rings. The number of nitrogens with two attached hydrogens (primary N) is 1. The Morgan fingerprint density at radius 2 is 2.04 bits per heavy atom. The molecule has 0 radical (unpaired) electrons. The van der Waals surface area contributed by atoms with E-state index in [4.69, 9.17) is 5.73 Å². The summed E-state index contributed by atoms with van der Waals surface area (Å²) in [5, 5.41) is 3.83. The van der Waals surface area contributed by atoms with E-state index in [2.05, 4.69) is 10.3 Å². The predicted octanol–water partition coefficient (Wildman–Crippen LogP) is 4.05. The standard InChI is InChI=1S/C14H14F3N3OS.ClH/c1-2-10(13-20-11(7-22-13)14(15,16)17)19-12(21)8-5-3-4-6-9(8)18;/h3-7,10H,2,18H2,1H3,(H,19,21);1H. The van der Waals surface area contributed by atoms with Crippen LogP contribution in [-0.2, 0) is 6.18 Å². The first-order valence-corrected chi connectivity index (χ1v) is 7.39. The van der Waals surface area contributed by atoms with Gasteiger partial charge in [-0.15, -0.1) is 23.7 Å². The summed E-state index contributed by atoms with van der Waals surface area (Å²) in [5.41, 5.74) is 5.37. The highest BCUT2D eigenvalue weighted by molar-refractivity contribution is 7.09. The number of hydrogen-bond donors (Lipinski definition) is 2. The van der Waals surface area contributed by atoms with Crippen LogP contribution in [0.2, 0.25) is 0 Å². The number of rotatable bonds is 4. The van der Waals surface area contributed by atoms with Gasteiger partial charge in [0.05, 0.1) is 11.6 Å². The number of para-hydroxylation sites is 1. The van der Waals surface area contributed by atoms with E-state index in [-0.39, 0.29) is 23.0 Å². The van der Waals surface area contributed by atoms with Crippen molar-refractivity contribution in [1.29, 1.82) is 0 Å². The molecular formula is C14H15ClF3N3OS. The van der Waals surface area contributed by atoms with E-state index in [0.717, 1.165) is 16.7 Å². The van der Waals surface area contributed by atoms with Gasteiger partial charge in [0.1, 0.15) is 5.01 Å². The topological polar surface area (TPSA) is 68.0 Å². The van der Waals surface area contributed by atoms with E-state index in [1.807, 2.05) is 0 Å². The zero-order valence-electron chi connectivity index (χ0n) is 12.1. The number of halogens is 4. The third-order valence-corrected chi connectivity index (χ3v) is 3.99. The maximum Gasteiger partial charge on any atom is 0.434 e. The molecule has 0 aliphatic heterocycles. The van der Waals surface area contributed by atoms with Crippen LogP contribution in [0.5, 0.6) is 0 Å². The normalized spacial score (nSPS) is 12.3. The minimum absolute atomic E-state index is 0. The van der Waals surface area contributed by atoms with Crippen molar-refractivity contribution in [3.05, 3.63) is 45.9 Å². The fourth-order valence-electron chi connectivity index (χ4n) is 1.86. The van der Waals surface area contributed by atoms with E-state index >= 15 is 0 Å². The lowest BCUT2D eigenvalue weighted by Crippen LogP contribution is -2.28. The molecule has 2 rings (SSSR count). The Hall–Kier alpha value is -1.80. The smallest absolute Gasteiger partial charge is 0.398 e. The lowest BCUT2D eigenvalue weighted by molar-refractivity contribution is -0.140. The average molecular weight is 366 g/mol. The van der Waals surface area contributed by atoms with Crippen LogP contribution in [0.4, 0.5) is 18.9 Å². The average Bonchev–Trinajstić information content (AvgIpc) is 2.94. The van der Waals surface area contributed by atoms with Crippen molar-refractivity contribution in [3.63, 3.8) is 0 Å². The number of alkyl halides is 3. The monoisotopic (exact) mass is 365 g/mol. The minimum atomic E-state index is -4.49. The molecule has 0 saturated carbocycles. The van der Waals surface area contributed by atoms with Gasteiger partial charge in [-0.05, 0) is 18.6 Å². The molecule has 0 bridgehead atoms. The third-order valence-electron chi connectivity index (χ3n) is 3.03. The number of aromatic nitrogens is 1. The number of hydrogen-bond acceptors (Lipinski definition) is 4. The Morgan fingerprint density at radius 3 is 2.57 bits per heavy atom. The van der Waals surface area contributed by atoms with Crippen LogP contribution in [0.25, 0.3) is 0 Å². The highest BCUT2D eigenvalue weighted by atomic mass is 35.5. The Labute approximate surface area is 141 Å². The summed E-state index contributed by atoms with van der Waals surface area (Å²) >= 11 is 0.873. The zero-order chi connectivity index (χ0) is 16.3. The van der Waals surface area contributed by atoms with Gasteiger partial charge in [0.25, 0.3) is 5.91 Å². The minimum Gasteiger partial charge on any atom is -0.398 e. The molecule has 9 heteroatoms. The summed E-state index contributed by atoms with van der Waals surface area (Å²) < 4.78 is 37.8. The van der Waals surface area contributed by atoms with Gasteiger partial charge in [0, 0.05) is 11.1 Å². The molecule has 1 atom stereocenters. The molecule has 1 heterocycles. The molecule has 23 heavy (non-hydrogen) atoms. The highest BCUT2D eigenvalue weighted by Gasteiger charge is 2.34. The largest absolute Gasteiger partial charge is 0.434 e. The van der Waals surface area contributed by atoms with Crippen molar-refractivity contribution in [1.82, 2.24) is 10.3 Å². The van der Waals surface area contributed by atoms with Gasteiger partial charge in [-0.25, -0.2) is 4.98 Å². The second-order valence-electron chi connectivity index (χ2n) is 4.59. The van der Waals surface area contributed by atoms with Crippen molar-refractivity contribution in [3.8, 4) is 0 Å². The fourth-order valence-corrected chi connectivity index (χ4v) is 2.82. The Bertz CT molecular complexity index is 675. The quantitative estimate of drug-likeness (QED) is 0.803. The molecule has 0 aliphatic rings. The summed E-state index contributed by atoms with van der Waals surface area (Å²) in [5.74, 6) is -0.436. The Morgan fingerprint density at radius 1 is 1.39 bits per heavy atom. The van der Waals surface area contributed by atoms with Gasteiger partial charge in [0.2, 0.25) is 0 Å². The summed E-state index contributed by atoms with van der Waals surface area (Å²) in [4.78, 5) is 15.7. The Kier molecular flexibility index (Phi) is 6.40. The highest BCUT2D eigenvalue weighted by Crippen LogP contribution is 2.32. The van der Waals surface area contributed by atoms with Gasteiger partial charge >= 0.3 is 6.18 Å². The number of anilines is 1. The molecule has 1 aromatic heterocycles. The fraction of sp³-hybridized carbons (Fsp3) is 0.286. The summed E-state index contributed by atoms with van der Waals surface area (Å²) in [6.45, 7) is 1.76. The summed E-state index contributed by atoms with van der Waals surface area (Å²) in [6.07, 6.45) is -4.07. The first-order chi connectivity index (χ1) is 10.3. The first kappa shape index (κ1) is 19.2. The third kappa shape index (κ3) is 4.59. The second-order valence-corrected chi connectivity index (χ2v) is 5.48. The van der Waals surface area contributed by atoms with Crippen molar-refractivity contribution in [2.24, 2.45) is 0 Å². The van der Waals surface area contributed by atoms with Crippen LogP contribution in [0.15, 0.2) is 29.6 Å². The van der Waals surface area contributed by atoms with Gasteiger partial charge in [-0.3, -0.25) is 4.79 Å². The zero-order valence-corrected chi connectivity index (χ0v) is 13.7. The van der Waals surface area contributed by atoms with Crippen LogP contribution < -0.4 is 11.1 Å². The van der Waals surface area contributed by atoms with Crippen molar-refractivity contribution < 1.29 is 18.0 Å². The number of thiazole rings is 1. The summed E-state index contributed by atoms with van der Waals surface area (Å²) in [7, 11) is 0. The molecule has 126 valence electrons. The molecule has 1 unspecified atom stereocenters. The molecule has 1 aromatic carbocycles. The molecular weight excluding hydrogens is 351 g/mol. The molecule has 0 saturated heterocycles. The number of nitrogens with one attached hydrogen (secondary N) is 1. The van der Waals surface area contributed by atoms with Gasteiger partial charge in [0.15, 0.2) is 5.69 Å². The van der Waals surface area contributed by atoms with E-state index in [1.165, 1.54) is 0 Å². The maximum absolute atomic E-state index is 12.6. The van der Waals surface area contributed by atoms with Crippen LogP contribution in [-0.4, -0.2) is 10.9 Å². The lowest BCUT2D eigenvalue weighted by Gasteiger charge is -2.15. The number of carbonyl (C=O) groups is 1. The lowest BCUT2D eigenvalue weighted by atomic mass is 10.1. The maximum atomic E-state index is 12.6. The number of amides is 1. The number of nitrogen functional groups attached to an aromatic ring is 1. The summed E-state index contributed by atoms with van der Waals surface area (Å²) in [6, 6.07) is 5.91. The molecule has 1 amide bonds. The van der Waals surface area contributed by atoms with Crippen molar-refractivity contribution in [2.75, 3.05) is 5.73 Å². The second kappa shape index (κ2) is 7.65. The van der Waals surface area contributed by atoms with Crippen LogP contribution >= 0.6 is 23.7 Å². The van der Waals surface area contributed by atoms with Crippen molar-refractivity contribution in [2.45, 2.75) is 25.6 Å². The van der Waals surface area contributed by atoms with E-state index < -0.39 is 23.8 Å². The van der Waals surface area contributed by atoms with Crippen LogP contribution in [0.1, 0.15) is 40.4 Å². The van der Waals surface area contributed by atoms with E-state index in [0.29, 0.717) is 12.1 Å². The number of benzene rings is 1. The number of carbonyl (C=O) groups excluding carboxylic acids is 1. The SMILES string of the molecule is CCC(NC(=O)c1ccccc1N)c1nc(C(F)(F)F)cs1.Cl. The van der Waals surface area contributed by atoms with E-state index in [1.54, 1.807) is 31.2 Å². The molecule has 3 N–H and O–H groups in total. The molecule has 4 nitrogen and oxygen atoms in total.